The minimum absolute atomic E-state index is 0. The summed E-state index contributed by atoms with van der Waals surface area (Å²) in [6.45, 7) is 1.33. The second kappa shape index (κ2) is 8.72. The molecule has 0 unspecified atom stereocenters. The second-order valence-electron chi connectivity index (χ2n) is 5.78. The molecule has 0 aliphatic heterocycles. The third-order valence-electron chi connectivity index (χ3n) is 3.82. The van der Waals surface area contributed by atoms with Crippen molar-refractivity contribution in [2.45, 2.75) is 25.9 Å². The molecule has 0 spiro atoms. The van der Waals surface area contributed by atoms with E-state index < -0.39 is 0 Å². The molecule has 1 aliphatic rings. The highest BCUT2D eigenvalue weighted by Crippen LogP contribution is 2.30. The molecule has 6 heteroatoms. The van der Waals surface area contributed by atoms with Crippen molar-refractivity contribution < 1.29 is 4.79 Å². The van der Waals surface area contributed by atoms with E-state index in [0.29, 0.717) is 23.1 Å². The first-order valence-electron chi connectivity index (χ1n) is 7.67. The van der Waals surface area contributed by atoms with Gasteiger partial charge in [-0.2, -0.15) is 0 Å². The van der Waals surface area contributed by atoms with Crippen LogP contribution in [0.1, 0.15) is 24.0 Å². The van der Waals surface area contributed by atoms with E-state index in [0.717, 1.165) is 29.7 Å². The Morgan fingerprint density at radius 1 is 1.08 bits per heavy atom. The van der Waals surface area contributed by atoms with Crippen LogP contribution in [-0.2, 0) is 17.9 Å². The van der Waals surface area contributed by atoms with Crippen LogP contribution in [0.4, 0.5) is 5.69 Å². The van der Waals surface area contributed by atoms with E-state index in [1.165, 1.54) is 0 Å². The summed E-state index contributed by atoms with van der Waals surface area (Å²) in [7, 11) is 0. The fourth-order valence-corrected chi connectivity index (χ4v) is 2.76. The molecule has 2 N–H and O–H groups in total. The van der Waals surface area contributed by atoms with Gasteiger partial charge in [-0.15, -0.1) is 12.4 Å². The first-order chi connectivity index (χ1) is 11.1. The van der Waals surface area contributed by atoms with Crippen molar-refractivity contribution in [2.75, 3.05) is 5.32 Å². The maximum Gasteiger partial charge on any atom is 0.227 e. The first kappa shape index (κ1) is 19.1. The van der Waals surface area contributed by atoms with Gasteiger partial charge in [0, 0.05) is 24.7 Å². The van der Waals surface area contributed by atoms with E-state index in [-0.39, 0.29) is 24.2 Å². The highest BCUT2D eigenvalue weighted by molar-refractivity contribution is 6.42. The average Bonchev–Trinajstić information content (AvgIpc) is 3.37. The van der Waals surface area contributed by atoms with Gasteiger partial charge in [-0.25, -0.2) is 0 Å². The molecule has 2 aromatic rings. The molecule has 3 nitrogen and oxygen atoms in total. The predicted octanol–water partition coefficient (Wildman–Crippen LogP) is 5.05. The molecule has 0 aromatic heterocycles. The standard InChI is InChI=1S/C18H18Cl2N2O.ClH/c19-16-6-2-4-14(17(16)20)11-21-10-12-3-1-5-15(9-12)22-18(23)13-7-8-13;/h1-6,9,13,21H,7-8,10-11H2,(H,22,23);1H. The van der Waals surface area contributed by atoms with Gasteiger partial charge >= 0.3 is 0 Å². The molecule has 1 fully saturated rings. The summed E-state index contributed by atoms with van der Waals surface area (Å²) in [5.74, 6) is 0.336. The molecule has 0 atom stereocenters. The number of halogens is 3. The number of carbonyl (C=O) groups is 1. The van der Waals surface area contributed by atoms with Gasteiger partial charge in [0.15, 0.2) is 0 Å². The minimum atomic E-state index is 0. The van der Waals surface area contributed by atoms with Crippen molar-refractivity contribution in [3.63, 3.8) is 0 Å². The van der Waals surface area contributed by atoms with E-state index in [4.69, 9.17) is 23.2 Å². The van der Waals surface area contributed by atoms with Crippen molar-refractivity contribution >= 4 is 47.2 Å². The van der Waals surface area contributed by atoms with Gasteiger partial charge in [0.05, 0.1) is 10.0 Å². The Labute approximate surface area is 158 Å². The Bertz CT molecular complexity index is 717. The molecule has 0 bridgehead atoms. The maximum atomic E-state index is 11.8. The molecule has 128 valence electrons. The lowest BCUT2D eigenvalue weighted by Crippen LogP contribution is -2.15. The van der Waals surface area contributed by atoms with E-state index in [2.05, 4.69) is 10.6 Å². The van der Waals surface area contributed by atoms with Crippen LogP contribution in [0.5, 0.6) is 0 Å². The van der Waals surface area contributed by atoms with Crippen LogP contribution >= 0.6 is 35.6 Å². The zero-order chi connectivity index (χ0) is 16.2. The van der Waals surface area contributed by atoms with E-state index in [9.17, 15) is 4.79 Å². The molecular weight excluding hydrogens is 367 g/mol. The SMILES string of the molecule is Cl.O=C(Nc1cccc(CNCc2cccc(Cl)c2Cl)c1)C1CC1. The van der Waals surface area contributed by atoms with Gasteiger partial charge in [0.25, 0.3) is 0 Å². The number of amides is 1. The molecule has 0 heterocycles. The van der Waals surface area contributed by atoms with Gasteiger partial charge in [-0.05, 0) is 42.2 Å². The zero-order valence-corrected chi connectivity index (χ0v) is 15.3. The highest BCUT2D eigenvalue weighted by atomic mass is 35.5. The summed E-state index contributed by atoms with van der Waals surface area (Å²) in [6.07, 6.45) is 2.01. The Balaban J connectivity index is 0.00000208. The number of hydrogen-bond donors (Lipinski definition) is 2. The average molecular weight is 386 g/mol. The highest BCUT2D eigenvalue weighted by Gasteiger charge is 2.29. The fraction of sp³-hybridized carbons (Fsp3) is 0.278. The van der Waals surface area contributed by atoms with Crippen molar-refractivity contribution in [2.24, 2.45) is 5.92 Å². The predicted molar refractivity (Wildman–Crippen MR) is 102 cm³/mol. The summed E-state index contributed by atoms with van der Waals surface area (Å²) in [4.78, 5) is 11.8. The zero-order valence-electron chi connectivity index (χ0n) is 13.0. The van der Waals surface area contributed by atoms with E-state index in [1.807, 2.05) is 36.4 Å². The molecular formula is C18H19Cl3N2O. The molecule has 3 rings (SSSR count). The molecule has 24 heavy (non-hydrogen) atoms. The van der Waals surface area contributed by atoms with Gasteiger partial charge in [-0.1, -0.05) is 47.5 Å². The van der Waals surface area contributed by atoms with Gasteiger partial charge in [0.2, 0.25) is 5.91 Å². The smallest absolute Gasteiger partial charge is 0.227 e. The summed E-state index contributed by atoms with van der Waals surface area (Å²) >= 11 is 12.2. The summed E-state index contributed by atoms with van der Waals surface area (Å²) in [5, 5.41) is 7.46. The third-order valence-corrected chi connectivity index (χ3v) is 4.68. The minimum Gasteiger partial charge on any atom is -0.326 e. The van der Waals surface area contributed by atoms with Crippen LogP contribution in [0.2, 0.25) is 10.0 Å². The Kier molecular flexibility index (Phi) is 6.93. The normalized spacial score (nSPS) is 13.2. The van der Waals surface area contributed by atoms with Crippen molar-refractivity contribution in [1.29, 1.82) is 0 Å². The molecule has 1 saturated carbocycles. The third kappa shape index (κ3) is 5.12. The molecule has 1 aliphatic carbocycles. The number of nitrogens with one attached hydrogen (secondary N) is 2. The summed E-state index contributed by atoms with van der Waals surface area (Å²) in [5.41, 5.74) is 2.93. The lowest BCUT2D eigenvalue weighted by atomic mass is 10.1. The van der Waals surface area contributed by atoms with Crippen LogP contribution < -0.4 is 10.6 Å². The Hall–Kier alpha value is -1.26. The lowest BCUT2D eigenvalue weighted by molar-refractivity contribution is -0.117. The van der Waals surface area contributed by atoms with E-state index in [1.54, 1.807) is 6.07 Å². The lowest BCUT2D eigenvalue weighted by Gasteiger charge is -2.10. The van der Waals surface area contributed by atoms with Crippen molar-refractivity contribution in [3.8, 4) is 0 Å². The van der Waals surface area contributed by atoms with Gasteiger partial charge < -0.3 is 10.6 Å². The number of hydrogen-bond acceptors (Lipinski definition) is 2. The number of rotatable bonds is 6. The topological polar surface area (TPSA) is 41.1 Å². The van der Waals surface area contributed by atoms with E-state index >= 15 is 0 Å². The molecule has 0 radical (unpaired) electrons. The second-order valence-corrected chi connectivity index (χ2v) is 6.57. The number of anilines is 1. The maximum absolute atomic E-state index is 11.8. The van der Waals surface area contributed by atoms with Crippen LogP contribution in [0.15, 0.2) is 42.5 Å². The van der Waals surface area contributed by atoms with Gasteiger partial charge in [0.1, 0.15) is 0 Å². The first-order valence-corrected chi connectivity index (χ1v) is 8.42. The number of carbonyl (C=O) groups excluding carboxylic acids is 1. The molecule has 1 amide bonds. The monoisotopic (exact) mass is 384 g/mol. The molecule has 0 saturated heterocycles. The van der Waals surface area contributed by atoms with Crippen molar-refractivity contribution in [3.05, 3.63) is 63.6 Å². The van der Waals surface area contributed by atoms with Crippen molar-refractivity contribution in [1.82, 2.24) is 5.32 Å². The molecule has 2 aromatic carbocycles. The van der Waals surface area contributed by atoms with Crippen LogP contribution in [0.3, 0.4) is 0 Å². The van der Waals surface area contributed by atoms with Crippen LogP contribution in [0.25, 0.3) is 0 Å². The quantitative estimate of drug-likeness (QED) is 0.730. The Morgan fingerprint density at radius 2 is 1.83 bits per heavy atom. The van der Waals surface area contributed by atoms with Crippen LogP contribution in [-0.4, -0.2) is 5.91 Å². The Morgan fingerprint density at radius 3 is 2.58 bits per heavy atom. The van der Waals surface area contributed by atoms with Gasteiger partial charge in [-0.3, -0.25) is 4.79 Å². The summed E-state index contributed by atoms with van der Waals surface area (Å²) < 4.78 is 0. The number of benzene rings is 2. The summed E-state index contributed by atoms with van der Waals surface area (Å²) in [6, 6.07) is 13.5. The fourth-order valence-electron chi connectivity index (χ4n) is 2.38. The largest absolute Gasteiger partial charge is 0.326 e. The van der Waals surface area contributed by atoms with Crippen LogP contribution in [0, 0.1) is 5.92 Å².